The van der Waals surface area contributed by atoms with Crippen molar-refractivity contribution in [3.05, 3.63) is 279 Å². The molecule has 0 saturated carbocycles. The summed E-state index contributed by atoms with van der Waals surface area (Å²) in [5.41, 5.74) is 16.4. The van der Waals surface area contributed by atoms with Crippen molar-refractivity contribution >= 4 is 72.3 Å². The number of ether oxygens (including phenoxy) is 2. The van der Waals surface area contributed by atoms with Crippen LogP contribution in [0.4, 0.5) is 22.7 Å². The van der Waals surface area contributed by atoms with Crippen LogP contribution in [0.2, 0.25) is 0 Å². The van der Waals surface area contributed by atoms with Gasteiger partial charge in [-0.3, -0.25) is 29.1 Å². The Kier molecular flexibility index (Phi) is 34.7. The molecule has 0 aromatic heterocycles. The maximum absolute atomic E-state index is 12.8. The SMILES string of the molecule is CCN(CC)C(=O)c1ccc(Br)cc1.CCN(CC)C(=O)c1ccc(N(c2cccc(O)c2)C2CCN(Cc3ccccc3)CC2)cc1.CCN(CC)C(=O)c1ccc(N(c2cccc(OC)c2)C2CCN(Cc3ccccc3)CC2)cc1.COc1cccc(Br)c1.NC1CCN(Cc2ccccc2)CC1. The van der Waals surface area contributed by atoms with E-state index in [1.54, 1.807) is 20.3 Å². The van der Waals surface area contributed by atoms with Crippen LogP contribution in [0.5, 0.6) is 17.2 Å². The average molecular weight is 1560 g/mol. The molecule has 12 rings (SSSR count). The highest BCUT2D eigenvalue weighted by Crippen LogP contribution is 2.37. The lowest BCUT2D eigenvalue weighted by Gasteiger charge is -2.40. The minimum Gasteiger partial charge on any atom is -0.508 e. The number of amides is 3. The summed E-state index contributed by atoms with van der Waals surface area (Å²) >= 11 is 6.66. The molecule has 0 unspecified atom stereocenters. The monoisotopic (exact) mass is 1560 g/mol. The van der Waals surface area contributed by atoms with E-state index in [0.717, 1.165) is 165 Å². The van der Waals surface area contributed by atoms with Crippen molar-refractivity contribution in [2.24, 2.45) is 5.73 Å². The first-order chi connectivity index (χ1) is 51.6. The highest BCUT2D eigenvalue weighted by molar-refractivity contribution is 9.10. The second kappa shape index (κ2) is 44.3. The van der Waals surface area contributed by atoms with E-state index >= 15 is 0 Å². The van der Waals surface area contributed by atoms with E-state index in [2.05, 4.69) is 172 Å². The lowest BCUT2D eigenvalue weighted by molar-refractivity contribution is 0.0765. The van der Waals surface area contributed by atoms with E-state index in [1.807, 2.05) is 172 Å². The van der Waals surface area contributed by atoms with Gasteiger partial charge in [0.05, 0.1) is 14.2 Å². The van der Waals surface area contributed by atoms with Crippen molar-refractivity contribution in [3.63, 3.8) is 0 Å². The van der Waals surface area contributed by atoms with Gasteiger partial charge in [0.25, 0.3) is 17.7 Å². The number of phenols is 1. The van der Waals surface area contributed by atoms with Crippen LogP contribution >= 0.6 is 31.9 Å². The molecule has 562 valence electrons. The Hall–Kier alpha value is -8.81. The molecule has 0 atom stereocenters. The number of benzene rings is 9. The van der Waals surface area contributed by atoms with Crippen LogP contribution in [-0.2, 0) is 19.6 Å². The third kappa shape index (κ3) is 25.7. The third-order valence-corrected chi connectivity index (χ3v) is 20.7. The number of nitrogens with two attached hydrogens (primary N) is 1. The van der Waals surface area contributed by atoms with Crippen LogP contribution in [0, 0.1) is 0 Å². The second-order valence-electron chi connectivity index (χ2n) is 26.7. The van der Waals surface area contributed by atoms with Gasteiger partial charge in [-0.05, 0) is 225 Å². The summed E-state index contributed by atoms with van der Waals surface area (Å²) in [6.45, 7) is 25.9. The van der Waals surface area contributed by atoms with Crippen molar-refractivity contribution < 1.29 is 29.0 Å². The Morgan fingerprint density at radius 1 is 0.377 bits per heavy atom. The molecule has 0 radical (unpaired) electrons. The van der Waals surface area contributed by atoms with Gasteiger partial charge in [0.2, 0.25) is 0 Å². The molecule has 9 aromatic rings. The molecule has 3 fully saturated rings. The zero-order chi connectivity index (χ0) is 75.6. The third-order valence-electron chi connectivity index (χ3n) is 19.7. The Labute approximate surface area is 648 Å². The number of hydrogen-bond donors (Lipinski definition) is 2. The Bertz CT molecular complexity index is 3990. The second-order valence-corrected chi connectivity index (χ2v) is 28.6. The number of carbonyl (C=O) groups excluding carboxylic acids is 3. The number of nitrogens with zero attached hydrogens (tertiary/aromatic N) is 8. The maximum Gasteiger partial charge on any atom is 0.253 e. The lowest BCUT2D eigenvalue weighted by Crippen LogP contribution is -2.43. The zero-order valence-corrected chi connectivity index (χ0v) is 66.7. The van der Waals surface area contributed by atoms with Crippen LogP contribution in [0.15, 0.2) is 246 Å². The van der Waals surface area contributed by atoms with Crippen molar-refractivity contribution in [3.8, 4) is 17.2 Å². The number of piperidine rings is 3. The standard InChI is InChI=1S/C30H37N3O2.C29H35N3O2.C12H18N2.C11H14BrNO.C7H7BrO/c1-4-32(5-2)30(34)25-14-16-26(17-15-25)33(28-12-9-13-29(22-28)35-3)27-18-20-31(21-19-27)23-24-10-7-6-8-11-24;1-3-31(4-2)29(34)24-13-15-25(16-14-24)32(27-11-8-12-28(33)21-27)26-17-19-30(20-18-26)22-23-9-6-5-7-10-23;13-12-6-8-14(9-7-12)10-11-4-2-1-3-5-11;1-3-13(4-2)11(14)9-5-7-10(12)8-6-9;1-9-7-4-2-3-6(8)5-7/h6-17,22,27H,4-5,18-21,23H2,1-3H3;5-16,21,26,33H,3-4,17-20,22H2,1-2H3;1-5,12H,6-10,13H2;5-8H,3-4H2,1-2H3;2-5H,1H3. The van der Waals surface area contributed by atoms with E-state index in [4.69, 9.17) is 15.2 Å². The van der Waals surface area contributed by atoms with Gasteiger partial charge >= 0.3 is 0 Å². The fourth-order valence-electron chi connectivity index (χ4n) is 13.6. The number of carbonyl (C=O) groups is 3. The summed E-state index contributed by atoms with van der Waals surface area (Å²) in [5, 5.41) is 10.2. The summed E-state index contributed by atoms with van der Waals surface area (Å²) in [5.74, 6) is 2.24. The van der Waals surface area contributed by atoms with Crippen molar-refractivity contribution in [1.82, 2.24) is 29.4 Å². The van der Waals surface area contributed by atoms with Gasteiger partial charge in [-0.1, -0.05) is 141 Å². The number of anilines is 4. The van der Waals surface area contributed by atoms with Crippen LogP contribution in [0.3, 0.4) is 0 Å². The van der Waals surface area contributed by atoms with E-state index < -0.39 is 0 Å². The van der Waals surface area contributed by atoms with E-state index in [0.29, 0.717) is 49.9 Å². The molecule has 0 spiro atoms. The van der Waals surface area contributed by atoms with Crippen molar-refractivity contribution in [1.29, 1.82) is 0 Å². The summed E-state index contributed by atoms with van der Waals surface area (Å²) in [4.78, 5) is 55.2. The molecular formula is C89H111Br2N9O6. The molecule has 15 nitrogen and oxygen atoms in total. The van der Waals surface area contributed by atoms with Gasteiger partial charge in [0.15, 0.2) is 0 Å². The first-order valence-electron chi connectivity index (χ1n) is 37.8. The smallest absolute Gasteiger partial charge is 0.253 e. The van der Waals surface area contributed by atoms with E-state index in [9.17, 15) is 19.5 Å². The van der Waals surface area contributed by atoms with Crippen LogP contribution < -0.4 is 25.0 Å². The van der Waals surface area contributed by atoms with Crippen LogP contribution in [0.1, 0.15) is 128 Å². The minimum atomic E-state index is 0.0645. The van der Waals surface area contributed by atoms with Crippen LogP contribution in [-0.4, -0.2) is 163 Å². The molecule has 17 heteroatoms. The molecule has 9 aromatic carbocycles. The van der Waals surface area contributed by atoms with Gasteiger partial charge in [0, 0.05) is 164 Å². The number of aromatic hydroxyl groups is 1. The molecule has 3 amide bonds. The molecule has 3 aliphatic heterocycles. The summed E-state index contributed by atoms with van der Waals surface area (Å²) in [6, 6.07) is 80.1. The maximum atomic E-state index is 12.8. The normalized spacial score (nSPS) is 14.2. The number of halogens is 2. The topological polar surface area (TPSA) is 142 Å². The van der Waals surface area contributed by atoms with E-state index in [-0.39, 0.29) is 23.5 Å². The molecule has 3 aliphatic rings. The molecule has 0 bridgehead atoms. The van der Waals surface area contributed by atoms with Gasteiger partial charge in [-0.2, -0.15) is 0 Å². The number of methoxy groups -OCH3 is 2. The predicted octanol–water partition coefficient (Wildman–Crippen LogP) is 18.7. The van der Waals surface area contributed by atoms with Gasteiger partial charge in [-0.15, -0.1) is 0 Å². The molecule has 106 heavy (non-hydrogen) atoms. The fourth-order valence-corrected chi connectivity index (χ4v) is 14.3. The molecular weight excluding hydrogens is 1450 g/mol. The minimum absolute atomic E-state index is 0.0645. The predicted molar refractivity (Wildman–Crippen MR) is 443 cm³/mol. The summed E-state index contributed by atoms with van der Waals surface area (Å²) < 4.78 is 12.5. The van der Waals surface area contributed by atoms with E-state index in [1.165, 1.54) is 16.7 Å². The first kappa shape index (κ1) is 82.8. The highest BCUT2D eigenvalue weighted by Gasteiger charge is 2.29. The summed E-state index contributed by atoms with van der Waals surface area (Å²) in [6.07, 6.45) is 6.50. The molecule has 3 saturated heterocycles. The highest BCUT2D eigenvalue weighted by atomic mass is 79.9. The van der Waals surface area contributed by atoms with Crippen molar-refractivity contribution in [2.75, 3.05) is 103 Å². The Morgan fingerprint density at radius 2 is 0.698 bits per heavy atom. The summed E-state index contributed by atoms with van der Waals surface area (Å²) in [7, 11) is 3.36. The first-order valence-corrected chi connectivity index (χ1v) is 39.3. The van der Waals surface area contributed by atoms with Crippen LogP contribution in [0.25, 0.3) is 0 Å². The van der Waals surface area contributed by atoms with Gasteiger partial charge in [0.1, 0.15) is 17.2 Å². The number of phenolic OH excluding ortho intramolecular Hbond substituents is 1. The number of likely N-dealkylation sites (tertiary alicyclic amines) is 3. The Morgan fingerprint density at radius 3 is 1.03 bits per heavy atom. The fraction of sp³-hybridized carbons (Fsp3) is 0.360. The van der Waals surface area contributed by atoms with Gasteiger partial charge in [-0.25, -0.2) is 0 Å². The largest absolute Gasteiger partial charge is 0.508 e. The molecule has 3 N–H and O–H groups in total. The average Bonchev–Trinajstić information content (AvgIpc) is 0.724. The Balaban J connectivity index is 0.000000183. The zero-order valence-electron chi connectivity index (χ0n) is 63.5. The lowest BCUT2D eigenvalue weighted by atomic mass is 10.00. The number of rotatable bonds is 23. The quantitative estimate of drug-likeness (QED) is 0.0630. The van der Waals surface area contributed by atoms with Gasteiger partial charge < -0.3 is 44.8 Å². The van der Waals surface area contributed by atoms with Crippen molar-refractivity contribution in [2.45, 2.75) is 118 Å². The number of hydrogen-bond acceptors (Lipinski definition) is 12. The molecule has 3 heterocycles. The molecule has 0 aliphatic carbocycles.